The molecule has 0 amide bonds. The number of aromatic nitrogens is 2. The van der Waals surface area contributed by atoms with E-state index in [0.29, 0.717) is 11.2 Å². The van der Waals surface area contributed by atoms with Crippen LogP contribution in [0.4, 0.5) is 0 Å². The molecular weight excluding hydrogens is 200 g/mol. The molecule has 0 aromatic carbocycles. The molecule has 2 rings (SSSR count). The van der Waals surface area contributed by atoms with Crippen LogP contribution in [0.2, 0.25) is 0 Å². The summed E-state index contributed by atoms with van der Waals surface area (Å²) in [5.74, 6) is -0.0779. The number of nitrogens with zero attached hydrogens (tertiary/aromatic N) is 1. The van der Waals surface area contributed by atoms with Crippen LogP contribution in [0.3, 0.4) is 0 Å². The van der Waals surface area contributed by atoms with Crippen molar-refractivity contribution in [2.75, 3.05) is 0 Å². The van der Waals surface area contributed by atoms with Crippen LogP contribution in [0.15, 0.2) is 24.5 Å². The monoisotopic (exact) mass is 208 g/mol. The molecule has 0 saturated carbocycles. The normalized spacial score (nSPS) is 13.0. The fourth-order valence-electron chi connectivity index (χ4n) is 1.37. The number of H-pyrrole nitrogens is 1. The Morgan fingerprint density at radius 2 is 2.43 bits per heavy atom. The quantitative estimate of drug-likeness (QED) is 0.609. The van der Waals surface area contributed by atoms with Gasteiger partial charge in [0.15, 0.2) is 5.78 Å². The van der Waals surface area contributed by atoms with Crippen molar-refractivity contribution in [1.82, 2.24) is 9.97 Å². The number of carbonyl (C=O) groups excluding carboxylic acids is 1. The van der Waals surface area contributed by atoms with Crippen molar-refractivity contribution in [3.8, 4) is 0 Å². The number of nitrogens with one attached hydrogen (secondary N) is 1. The zero-order valence-corrected chi connectivity index (χ0v) is 8.38. The Hall–Kier alpha value is -1.35. The molecule has 14 heavy (non-hydrogen) atoms. The molecule has 0 aliphatic rings. The van der Waals surface area contributed by atoms with Crippen LogP contribution in [-0.2, 0) is 0 Å². The summed E-state index contributed by atoms with van der Waals surface area (Å²) < 4.78 is 0. The lowest BCUT2D eigenvalue weighted by atomic mass is 10.1. The van der Waals surface area contributed by atoms with E-state index < -0.39 is 5.38 Å². The van der Waals surface area contributed by atoms with Crippen LogP contribution in [0, 0.1) is 0 Å². The molecule has 0 saturated heterocycles. The predicted molar refractivity (Wildman–Crippen MR) is 55.7 cm³/mol. The minimum atomic E-state index is -0.505. The zero-order chi connectivity index (χ0) is 10.1. The molecule has 0 unspecified atom stereocenters. The molecule has 3 nitrogen and oxygen atoms in total. The lowest BCUT2D eigenvalue weighted by Gasteiger charge is -1.99. The maximum atomic E-state index is 11.6. The van der Waals surface area contributed by atoms with Crippen molar-refractivity contribution in [2.24, 2.45) is 0 Å². The summed E-state index contributed by atoms with van der Waals surface area (Å²) in [4.78, 5) is 18.7. The standard InChI is InChI=1S/C10H9ClN2O/c1-6(11)9(14)8-5-13-10-7(8)3-2-4-12-10/h2-6H,1H3,(H,12,13)/t6-/m1/s1. The van der Waals surface area contributed by atoms with Crippen molar-refractivity contribution < 1.29 is 4.79 Å². The van der Waals surface area contributed by atoms with Crippen LogP contribution in [0.5, 0.6) is 0 Å². The molecule has 0 bridgehead atoms. The summed E-state index contributed by atoms with van der Waals surface area (Å²) >= 11 is 5.74. The Balaban J connectivity index is 2.58. The molecule has 1 N–H and O–H groups in total. The first-order valence-electron chi connectivity index (χ1n) is 4.30. The zero-order valence-electron chi connectivity index (χ0n) is 7.62. The molecule has 4 heteroatoms. The molecule has 72 valence electrons. The van der Waals surface area contributed by atoms with E-state index in [1.54, 1.807) is 25.4 Å². The van der Waals surface area contributed by atoms with Crippen molar-refractivity contribution in [3.05, 3.63) is 30.1 Å². The third-order valence-electron chi connectivity index (χ3n) is 2.08. The van der Waals surface area contributed by atoms with Gasteiger partial charge in [-0.05, 0) is 19.1 Å². The molecule has 0 spiro atoms. The van der Waals surface area contributed by atoms with E-state index in [0.717, 1.165) is 5.39 Å². The van der Waals surface area contributed by atoms with Gasteiger partial charge in [-0.3, -0.25) is 4.79 Å². The van der Waals surface area contributed by atoms with Crippen LogP contribution in [0.25, 0.3) is 11.0 Å². The Bertz CT molecular complexity index is 476. The Labute approximate surface area is 86.1 Å². The van der Waals surface area contributed by atoms with Crippen LogP contribution in [0.1, 0.15) is 17.3 Å². The van der Waals surface area contributed by atoms with Gasteiger partial charge in [0.25, 0.3) is 0 Å². The molecule has 0 aliphatic heterocycles. The highest BCUT2D eigenvalue weighted by molar-refractivity contribution is 6.34. The topological polar surface area (TPSA) is 45.8 Å². The molecule has 1 atom stereocenters. The fraction of sp³-hybridized carbons (Fsp3) is 0.200. The molecule has 0 fully saturated rings. The highest BCUT2D eigenvalue weighted by Gasteiger charge is 2.16. The first-order valence-corrected chi connectivity index (χ1v) is 4.74. The summed E-state index contributed by atoms with van der Waals surface area (Å²) in [5.41, 5.74) is 1.32. The van der Waals surface area contributed by atoms with Crippen molar-refractivity contribution in [2.45, 2.75) is 12.3 Å². The Morgan fingerprint density at radius 1 is 1.64 bits per heavy atom. The summed E-state index contributed by atoms with van der Waals surface area (Å²) in [5, 5.41) is 0.319. The number of rotatable bonds is 2. The van der Waals surface area contributed by atoms with Gasteiger partial charge in [0.1, 0.15) is 5.65 Å². The minimum absolute atomic E-state index is 0.0779. The first-order chi connectivity index (χ1) is 6.70. The minimum Gasteiger partial charge on any atom is -0.345 e. The number of ketones is 1. The van der Waals surface area contributed by atoms with E-state index in [9.17, 15) is 4.79 Å². The van der Waals surface area contributed by atoms with E-state index in [1.807, 2.05) is 6.07 Å². The average Bonchev–Trinajstić information content (AvgIpc) is 2.60. The Morgan fingerprint density at radius 3 is 3.14 bits per heavy atom. The summed E-state index contributed by atoms with van der Waals surface area (Å²) in [6, 6.07) is 3.65. The molecule has 2 heterocycles. The van der Waals surface area contributed by atoms with Gasteiger partial charge >= 0.3 is 0 Å². The second-order valence-corrected chi connectivity index (χ2v) is 3.74. The van der Waals surface area contributed by atoms with Crippen LogP contribution in [-0.4, -0.2) is 21.1 Å². The highest BCUT2D eigenvalue weighted by Crippen LogP contribution is 2.18. The lowest BCUT2D eigenvalue weighted by molar-refractivity contribution is 0.0993. The second-order valence-electron chi connectivity index (χ2n) is 3.08. The van der Waals surface area contributed by atoms with Gasteiger partial charge in [0.2, 0.25) is 0 Å². The maximum absolute atomic E-state index is 11.6. The highest BCUT2D eigenvalue weighted by atomic mass is 35.5. The number of alkyl halides is 1. The number of fused-ring (bicyclic) bond motifs is 1. The van der Waals surface area contributed by atoms with Crippen molar-refractivity contribution in [3.63, 3.8) is 0 Å². The van der Waals surface area contributed by atoms with E-state index in [4.69, 9.17) is 11.6 Å². The second kappa shape index (κ2) is 3.42. The van der Waals surface area contributed by atoms with Gasteiger partial charge < -0.3 is 4.98 Å². The third-order valence-corrected chi connectivity index (χ3v) is 2.28. The third kappa shape index (κ3) is 1.40. The lowest BCUT2D eigenvalue weighted by Crippen LogP contribution is -2.09. The summed E-state index contributed by atoms with van der Waals surface area (Å²) in [6.45, 7) is 1.67. The average molecular weight is 209 g/mol. The van der Waals surface area contributed by atoms with Crippen molar-refractivity contribution in [1.29, 1.82) is 0 Å². The number of pyridine rings is 1. The Kier molecular flexibility index (Phi) is 2.25. The maximum Gasteiger partial charge on any atom is 0.182 e. The number of Topliss-reactive ketones (excluding diaryl/α,β-unsaturated/α-hetero) is 1. The van der Waals surface area contributed by atoms with Gasteiger partial charge in [-0.25, -0.2) is 4.98 Å². The molecule has 2 aromatic rings. The van der Waals surface area contributed by atoms with Gasteiger partial charge in [-0.2, -0.15) is 0 Å². The molecule has 0 radical (unpaired) electrons. The number of halogens is 1. The largest absolute Gasteiger partial charge is 0.345 e. The van der Waals surface area contributed by atoms with E-state index in [-0.39, 0.29) is 5.78 Å². The van der Waals surface area contributed by atoms with Crippen LogP contribution >= 0.6 is 11.6 Å². The first kappa shape index (κ1) is 9.21. The number of hydrogen-bond donors (Lipinski definition) is 1. The summed E-state index contributed by atoms with van der Waals surface area (Å²) in [7, 11) is 0. The van der Waals surface area contributed by atoms with Gasteiger partial charge in [0, 0.05) is 23.3 Å². The SMILES string of the molecule is C[C@@H](Cl)C(=O)c1c[nH]c2ncccc12. The predicted octanol–water partition coefficient (Wildman–Crippen LogP) is 2.37. The molecular formula is C10H9ClN2O. The molecule has 2 aromatic heterocycles. The fourth-order valence-corrected chi connectivity index (χ4v) is 1.49. The van der Waals surface area contributed by atoms with Crippen molar-refractivity contribution >= 4 is 28.4 Å². The van der Waals surface area contributed by atoms with E-state index >= 15 is 0 Å². The van der Waals surface area contributed by atoms with E-state index in [2.05, 4.69) is 9.97 Å². The van der Waals surface area contributed by atoms with E-state index in [1.165, 1.54) is 0 Å². The van der Waals surface area contributed by atoms with Gasteiger partial charge in [0.05, 0.1) is 5.38 Å². The number of aromatic amines is 1. The smallest absolute Gasteiger partial charge is 0.182 e. The molecule has 0 aliphatic carbocycles. The van der Waals surface area contributed by atoms with Gasteiger partial charge in [-0.15, -0.1) is 11.6 Å². The summed E-state index contributed by atoms with van der Waals surface area (Å²) in [6.07, 6.45) is 3.33. The van der Waals surface area contributed by atoms with Crippen LogP contribution < -0.4 is 0 Å². The number of carbonyl (C=O) groups is 1. The van der Waals surface area contributed by atoms with Gasteiger partial charge in [-0.1, -0.05) is 0 Å². The number of hydrogen-bond acceptors (Lipinski definition) is 2.